The first kappa shape index (κ1) is 19.3. The van der Waals surface area contributed by atoms with E-state index in [1.807, 2.05) is 12.1 Å². The second-order valence-corrected chi connectivity index (χ2v) is 8.16. The molecular weight excluding hydrogens is 340 g/mol. The number of allylic oxidation sites excluding steroid dienone is 3. The van der Waals surface area contributed by atoms with Crippen LogP contribution in [0.25, 0.3) is 6.08 Å². The van der Waals surface area contributed by atoms with Gasteiger partial charge < -0.3 is 14.9 Å². The summed E-state index contributed by atoms with van der Waals surface area (Å²) in [6, 6.07) is 3.74. The van der Waals surface area contributed by atoms with Crippen LogP contribution >= 0.6 is 0 Å². The van der Waals surface area contributed by atoms with Gasteiger partial charge in [-0.25, -0.2) is 0 Å². The SMILES string of the molecule is CC1=CCC2C(C1)c1c(O)cc(C=C=CCCCC(=O)O)cc1OC2(C)C. The molecule has 2 unspecified atom stereocenters. The van der Waals surface area contributed by atoms with Gasteiger partial charge in [-0.15, -0.1) is 5.73 Å². The summed E-state index contributed by atoms with van der Waals surface area (Å²) >= 11 is 0. The van der Waals surface area contributed by atoms with Crippen molar-refractivity contribution in [3.8, 4) is 11.5 Å². The summed E-state index contributed by atoms with van der Waals surface area (Å²) in [6.07, 6.45) is 9.28. The van der Waals surface area contributed by atoms with Gasteiger partial charge in [0.1, 0.15) is 17.1 Å². The zero-order valence-corrected chi connectivity index (χ0v) is 16.3. The Labute approximate surface area is 160 Å². The summed E-state index contributed by atoms with van der Waals surface area (Å²) in [5.74, 6) is 0.896. The number of unbranched alkanes of at least 4 members (excludes halogenated alkanes) is 1. The molecule has 2 aliphatic rings. The Bertz CT molecular complexity index is 825. The molecule has 1 aromatic rings. The van der Waals surface area contributed by atoms with E-state index in [1.165, 1.54) is 5.57 Å². The van der Waals surface area contributed by atoms with Gasteiger partial charge in [0.05, 0.1) is 0 Å². The summed E-state index contributed by atoms with van der Waals surface area (Å²) in [7, 11) is 0. The number of ether oxygens (including phenoxy) is 1. The zero-order chi connectivity index (χ0) is 19.6. The minimum Gasteiger partial charge on any atom is -0.507 e. The van der Waals surface area contributed by atoms with Crippen LogP contribution in [0.5, 0.6) is 11.5 Å². The van der Waals surface area contributed by atoms with E-state index < -0.39 is 5.97 Å². The van der Waals surface area contributed by atoms with E-state index in [9.17, 15) is 9.90 Å². The Morgan fingerprint density at radius 2 is 2.19 bits per heavy atom. The average Bonchev–Trinajstić information content (AvgIpc) is 2.56. The lowest BCUT2D eigenvalue weighted by atomic mass is 9.67. The van der Waals surface area contributed by atoms with Crippen LogP contribution in [0.15, 0.2) is 35.6 Å². The van der Waals surface area contributed by atoms with Crippen molar-refractivity contribution >= 4 is 12.0 Å². The van der Waals surface area contributed by atoms with E-state index in [1.54, 1.807) is 12.1 Å². The lowest BCUT2D eigenvalue weighted by Gasteiger charge is -2.47. The van der Waals surface area contributed by atoms with Gasteiger partial charge in [0.15, 0.2) is 0 Å². The molecule has 144 valence electrons. The third kappa shape index (κ3) is 4.28. The standard InChI is InChI=1S/C23H28O4/c1-15-10-11-18-17(12-15)22-19(24)13-16(14-20(22)27-23(18,2)3)8-6-4-5-7-9-21(25)26/h4,8,10,13-14,17-18,24H,5,7,9,11-12H2,1-3H3,(H,25,26). The number of aliphatic carboxylic acids is 1. The highest BCUT2D eigenvalue weighted by Gasteiger charge is 2.45. The molecule has 0 fully saturated rings. The fourth-order valence-corrected chi connectivity index (χ4v) is 4.26. The van der Waals surface area contributed by atoms with Crippen LogP contribution in [0.3, 0.4) is 0 Å². The maximum atomic E-state index is 10.7. The quantitative estimate of drug-likeness (QED) is 0.413. The molecule has 1 heterocycles. The molecule has 4 nitrogen and oxygen atoms in total. The Morgan fingerprint density at radius 3 is 2.93 bits per heavy atom. The zero-order valence-electron chi connectivity index (χ0n) is 16.3. The van der Waals surface area contributed by atoms with Gasteiger partial charge in [0, 0.05) is 23.8 Å². The van der Waals surface area contributed by atoms with Crippen molar-refractivity contribution in [2.24, 2.45) is 5.92 Å². The van der Waals surface area contributed by atoms with Gasteiger partial charge in [0.25, 0.3) is 0 Å². The summed E-state index contributed by atoms with van der Waals surface area (Å²) in [5.41, 5.74) is 5.92. The molecule has 2 N–H and O–H groups in total. The molecule has 3 rings (SSSR count). The molecular formula is C23H28O4. The number of benzene rings is 1. The molecule has 4 heteroatoms. The van der Waals surface area contributed by atoms with Gasteiger partial charge in [-0.3, -0.25) is 4.79 Å². The minimum absolute atomic E-state index is 0.164. The molecule has 0 aromatic heterocycles. The predicted octanol–water partition coefficient (Wildman–Crippen LogP) is 5.43. The maximum absolute atomic E-state index is 10.7. The molecule has 0 amide bonds. The van der Waals surface area contributed by atoms with E-state index in [0.29, 0.717) is 18.8 Å². The van der Waals surface area contributed by atoms with Crippen LogP contribution in [-0.4, -0.2) is 21.8 Å². The normalized spacial score (nSPS) is 22.4. The smallest absolute Gasteiger partial charge is 0.303 e. The average molecular weight is 368 g/mol. The molecule has 0 spiro atoms. The third-order valence-corrected chi connectivity index (χ3v) is 5.63. The minimum atomic E-state index is -0.780. The van der Waals surface area contributed by atoms with Crippen molar-refractivity contribution in [1.29, 1.82) is 0 Å². The summed E-state index contributed by atoms with van der Waals surface area (Å²) < 4.78 is 6.30. The number of fused-ring (bicyclic) bond motifs is 3. The maximum Gasteiger partial charge on any atom is 0.303 e. The third-order valence-electron chi connectivity index (χ3n) is 5.63. The number of phenolic OH excluding ortho intramolecular Hbond substituents is 1. The van der Waals surface area contributed by atoms with Gasteiger partial charge in [-0.05, 0) is 76.3 Å². The van der Waals surface area contributed by atoms with E-state index in [4.69, 9.17) is 9.84 Å². The highest BCUT2D eigenvalue weighted by atomic mass is 16.5. The largest absolute Gasteiger partial charge is 0.507 e. The van der Waals surface area contributed by atoms with Gasteiger partial charge in [-0.1, -0.05) is 11.6 Å². The second-order valence-electron chi connectivity index (χ2n) is 8.16. The first-order valence-electron chi connectivity index (χ1n) is 9.62. The Balaban J connectivity index is 1.85. The van der Waals surface area contributed by atoms with Crippen molar-refractivity contribution < 1.29 is 19.7 Å². The van der Waals surface area contributed by atoms with Crippen molar-refractivity contribution in [2.45, 2.75) is 64.4 Å². The monoisotopic (exact) mass is 368 g/mol. The van der Waals surface area contributed by atoms with Crippen LogP contribution in [-0.2, 0) is 4.79 Å². The molecule has 1 aliphatic heterocycles. The van der Waals surface area contributed by atoms with E-state index >= 15 is 0 Å². The van der Waals surface area contributed by atoms with Crippen molar-refractivity contribution in [1.82, 2.24) is 0 Å². The lowest BCUT2D eigenvalue weighted by molar-refractivity contribution is -0.137. The van der Waals surface area contributed by atoms with Crippen LogP contribution < -0.4 is 4.74 Å². The molecule has 0 bridgehead atoms. The highest BCUT2D eigenvalue weighted by Crippen LogP contribution is 2.54. The van der Waals surface area contributed by atoms with E-state index in [-0.39, 0.29) is 23.7 Å². The number of carboxylic acids is 1. The van der Waals surface area contributed by atoms with Gasteiger partial charge >= 0.3 is 5.97 Å². The van der Waals surface area contributed by atoms with Crippen LogP contribution in [0, 0.1) is 5.92 Å². The molecule has 27 heavy (non-hydrogen) atoms. The number of hydrogen-bond donors (Lipinski definition) is 2. The van der Waals surface area contributed by atoms with Crippen molar-refractivity contribution in [2.75, 3.05) is 0 Å². The van der Waals surface area contributed by atoms with Crippen molar-refractivity contribution in [3.05, 3.63) is 46.7 Å². The van der Waals surface area contributed by atoms with Crippen LogP contribution in [0.2, 0.25) is 0 Å². The topological polar surface area (TPSA) is 66.8 Å². The molecule has 1 aliphatic carbocycles. The summed E-state index contributed by atoms with van der Waals surface area (Å²) in [6.45, 7) is 6.41. The Morgan fingerprint density at radius 1 is 1.41 bits per heavy atom. The number of carboxylic acid groups (broad SMARTS) is 1. The molecule has 0 saturated heterocycles. The van der Waals surface area contributed by atoms with Gasteiger partial charge in [-0.2, -0.15) is 0 Å². The molecule has 0 saturated carbocycles. The fourth-order valence-electron chi connectivity index (χ4n) is 4.26. The fraction of sp³-hybridized carbons (Fsp3) is 0.478. The highest BCUT2D eigenvalue weighted by molar-refractivity contribution is 5.66. The molecule has 2 atom stereocenters. The van der Waals surface area contributed by atoms with E-state index in [0.717, 1.165) is 29.7 Å². The van der Waals surface area contributed by atoms with E-state index in [2.05, 4.69) is 32.6 Å². The first-order chi connectivity index (χ1) is 12.8. The van der Waals surface area contributed by atoms with Crippen LogP contribution in [0.4, 0.5) is 0 Å². The number of aromatic hydroxyl groups is 1. The first-order valence-corrected chi connectivity index (χ1v) is 9.62. The number of carbonyl (C=O) groups is 1. The molecule has 0 radical (unpaired) electrons. The Kier molecular flexibility index (Phi) is 5.48. The van der Waals surface area contributed by atoms with Crippen LogP contribution in [0.1, 0.15) is 69.9 Å². The predicted molar refractivity (Wildman–Crippen MR) is 106 cm³/mol. The van der Waals surface area contributed by atoms with Gasteiger partial charge in [0.2, 0.25) is 0 Å². The lowest BCUT2D eigenvalue weighted by Crippen LogP contribution is -2.45. The number of rotatable bonds is 5. The second kappa shape index (κ2) is 7.66. The number of hydrogen-bond acceptors (Lipinski definition) is 3. The van der Waals surface area contributed by atoms with Crippen molar-refractivity contribution in [3.63, 3.8) is 0 Å². The molecule has 1 aromatic carbocycles. The summed E-state index contributed by atoms with van der Waals surface area (Å²) in [5, 5.41) is 19.4. The summed E-state index contributed by atoms with van der Waals surface area (Å²) in [4.78, 5) is 10.5. The number of phenols is 1. The Hall–Kier alpha value is -2.45.